The second kappa shape index (κ2) is 8.00. The zero-order chi connectivity index (χ0) is 23.4. The summed E-state index contributed by atoms with van der Waals surface area (Å²) in [7, 11) is 0. The van der Waals surface area contributed by atoms with E-state index in [1.54, 1.807) is 6.20 Å². The fraction of sp³-hybridized carbons (Fsp3) is 0.233. The molecule has 5 aromatic rings. The van der Waals surface area contributed by atoms with Gasteiger partial charge in [0.25, 0.3) is 0 Å². The van der Waals surface area contributed by atoms with E-state index in [2.05, 4.69) is 104 Å². The number of aryl methyl sites for hydroxylation is 3. The molecule has 2 aromatic heterocycles. The first kappa shape index (κ1) is 20.9. The summed E-state index contributed by atoms with van der Waals surface area (Å²) in [6, 6.07) is 25.4. The SMILES string of the molecule is Cc1cccc(C)c1C1OC(c2ccccc2)[C@H](C)N1c1c(C)ccc2c1oc1ncccc12. The number of aromatic nitrogens is 1. The highest BCUT2D eigenvalue weighted by Gasteiger charge is 2.43. The number of rotatable bonds is 3. The van der Waals surface area contributed by atoms with E-state index < -0.39 is 0 Å². The molecule has 0 aliphatic carbocycles. The molecule has 0 bridgehead atoms. The molecule has 1 aliphatic rings. The van der Waals surface area contributed by atoms with Crippen LogP contribution in [0.5, 0.6) is 0 Å². The number of ether oxygens (including phenoxy) is 1. The molecule has 0 spiro atoms. The van der Waals surface area contributed by atoms with Gasteiger partial charge in [0.05, 0.1) is 11.7 Å². The minimum Gasteiger partial charge on any atom is -0.436 e. The predicted molar refractivity (Wildman–Crippen MR) is 137 cm³/mol. The molecule has 1 fully saturated rings. The molecule has 6 rings (SSSR count). The average Bonchev–Trinajstić information content (AvgIpc) is 3.38. The second-order valence-electron chi connectivity index (χ2n) is 9.34. The Morgan fingerprint density at radius 1 is 0.765 bits per heavy atom. The molecule has 0 N–H and O–H groups in total. The highest BCUT2D eigenvalue weighted by molar-refractivity contribution is 6.08. The van der Waals surface area contributed by atoms with Crippen molar-refractivity contribution in [2.24, 2.45) is 0 Å². The first-order valence-corrected chi connectivity index (χ1v) is 11.9. The van der Waals surface area contributed by atoms with E-state index in [1.165, 1.54) is 22.3 Å². The minimum absolute atomic E-state index is 0.0673. The van der Waals surface area contributed by atoms with E-state index in [0.29, 0.717) is 5.71 Å². The van der Waals surface area contributed by atoms with Crippen LogP contribution in [0.1, 0.15) is 47.1 Å². The maximum Gasteiger partial charge on any atom is 0.227 e. The molecule has 4 nitrogen and oxygen atoms in total. The Balaban J connectivity index is 1.61. The summed E-state index contributed by atoms with van der Waals surface area (Å²) < 4.78 is 13.3. The number of anilines is 1. The van der Waals surface area contributed by atoms with Crippen LogP contribution in [0.15, 0.2) is 83.4 Å². The number of hydrogen-bond donors (Lipinski definition) is 0. The summed E-state index contributed by atoms with van der Waals surface area (Å²) in [5, 5.41) is 2.12. The highest BCUT2D eigenvalue weighted by atomic mass is 16.5. The number of nitrogens with zero attached hydrogens (tertiary/aromatic N) is 2. The Kier molecular flexibility index (Phi) is 4.93. The van der Waals surface area contributed by atoms with Gasteiger partial charge in [0, 0.05) is 22.5 Å². The Labute approximate surface area is 199 Å². The van der Waals surface area contributed by atoms with Crippen molar-refractivity contribution in [2.75, 3.05) is 4.90 Å². The van der Waals surface area contributed by atoms with Gasteiger partial charge in [0.15, 0.2) is 11.8 Å². The zero-order valence-corrected chi connectivity index (χ0v) is 19.9. The number of fused-ring (bicyclic) bond motifs is 3. The summed E-state index contributed by atoms with van der Waals surface area (Å²) >= 11 is 0. The average molecular weight is 449 g/mol. The van der Waals surface area contributed by atoms with E-state index in [-0.39, 0.29) is 18.4 Å². The molecular formula is C30H28N2O2. The van der Waals surface area contributed by atoms with E-state index in [9.17, 15) is 0 Å². The lowest BCUT2D eigenvalue weighted by Gasteiger charge is -2.32. The molecule has 0 amide bonds. The summed E-state index contributed by atoms with van der Waals surface area (Å²) in [6.45, 7) is 8.75. The van der Waals surface area contributed by atoms with Crippen molar-refractivity contribution in [3.63, 3.8) is 0 Å². The van der Waals surface area contributed by atoms with Crippen LogP contribution in [0.4, 0.5) is 5.69 Å². The molecule has 34 heavy (non-hydrogen) atoms. The third-order valence-corrected chi connectivity index (χ3v) is 7.17. The number of pyridine rings is 1. The smallest absolute Gasteiger partial charge is 0.227 e. The number of furan rings is 1. The van der Waals surface area contributed by atoms with Crippen molar-refractivity contribution in [2.45, 2.75) is 46.1 Å². The highest BCUT2D eigenvalue weighted by Crippen LogP contribution is 2.50. The molecule has 3 heterocycles. The summed E-state index contributed by atoms with van der Waals surface area (Å²) in [4.78, 5) is 6.91. The maximum absolute atomic E-state index is 6.92. The Hall–Kier alpha value is -3.63. The maximum atomic E-state index is 6.92. The van der Waals surface area contributed by atoms with Crippen LogP contribution in [-0.2, 0) is 4.74 Å². The van der Waals surface area contributed by atoms with Gasteiger partial charge in [-0.1, -0.05) is 60.7 Å². The van der Waals surface area contributed by atoms with Crippen LogP contribution in [0.2, 0.25) is 0 Å². The van der Waals surface area contributed by atoms with Gasteiger partial charge in [-0.3, -0.25) is 0 Å². The molecule has 4 heteroatoms. The monoisotopic (exact) mass is 448 g/mol. The molecule has 170 valence electrons. The fourth-order valence-corrected chi connectivity index (χ4v) is 5.50. The van der Waals surface area contributed by atoms with Gasteiger partial charge in [-0.15, -0.1) is 0 Å². The van der Waals surface area contributed by atoms with Crippen LogP contribution in [0.3, 0.4) is 0 Å². The lowest BCUT2D eigenvalue weighted by atomic mass is 9.98. The van der Waals surface area contributed by atoms with Gasteiger partial charge in [-0.05, 0) is 62.1 Å². The molecule has 0 radical (unpaired) electrons. The summed E-state index contributed by atoms with van der Waals surface area (Å²) in [5.41, 5.74) is 8.64. The van der Waals surface area contributed by atoms with Crippen LogP contribution in [0.25, 0.3) is 22.1 Å². The molecule has 2 unspecified atom stereocenters. The minimum atomic E-state index is -0.230. The zero-order valence-electron chi connectivity index (χ0n) is 19.9. The van der Waals surface area contributed by atoms with Gasteiger partial charge in [-0.2, -0.15) is 0 Å². The third-order valence-electron chi connectivity index (χ3n) is 7.17. The number of hydrogen-bond acceptors (Lipinski definition) is 4. The fourth-order valence-electron chi connectivity index (χ4n) is 5.50. The predicted octanol–water partition coefficient (Wildman–Crippen LogP) is 7.57. The molecule has 3 aromatic carbocycles. The Morgan fingerprint density at radius 3 is 2.29 bits per heavy atom. The molecule has 0 saturated carbocycles. The van der Waals surface area contributed by atoms with Gasteiger partial charge < -0.3 is 14.1 Å². The van der Waals surface area contributed by atoms with Crippen molar-refractivity contribution < 1.29 is 9.15 Å². The van der Waals surface area contributed by atoms with Crippen LogP contribution >= 0.6 is 0 Å². The van der Waals surface area contributed by atoms with Crippen molar-refractivity contribution in [3.05, 3.63) is 107 Å². The van der Waals surface area contributed by atoms with Crippen LogP contribution < -0.4 is 4.90 Å². The second-order valence-corrected chi connectivity index (χ2v) is 9.34. The van der Waals surface area contributed by atoms with Crippen LogP contribution in [0, 0.1) is 20.8 Å². The van der Waals surface area contributed by atoms with E-state index in [0.717, 1.165) is 27.6 Å². The van der Waals surface area contributed by atoms with Gasteiger partial charge in [0.2, 0.25) is 5.71 Å². The molecular weight excluding hydrogens is 420 g/mol. The van der Waals surface area contributed by atoms with E-state index >= 15 is 0 Å². The first-order valence-electron chi connectivity index (χ1n) is 11.9. The van der Waals surface area contributed by atoms with Crippen molar-refractivity contribution >= 4 is 27.8 Å². The lowest BCUT2D eigenvalue weighted by molar-refractivity contribution is 0.0411. The summed E-state index contributed by atoms with van der Waals surface area (Å²) in [6.07, 6.45) is 1.48. The molecule has 1 saturated heterocycles. The molecule has 1 aliphatic heterocycles. The standard InChI is InChI=1S/C30H28N2O2/c1-18-10-8-11-19(2)25(18)30-32(21(4)27(34-30)22-12-6-5-7-13-22)26-20(3)15-16-23-24-14-9-17-31-29(24)33-28(23)26/h5-17,21,27,30H,1-4H3/t21-,27?,30?/m0/s1. The molecule has 3 atom stereocenters. The van der Waals surface area contributed by atoms with Gasteiger partial charge in [0.1, 0.15) is 6.10 Å². The normalized spacial score (nSPS) is 20.5. The van der Waals surface area contributed by atoms with Crippen LogP contribution in [-0.4, -0.2) is 11.0 Å². The summed E-state index contributed by atoms with van der Waals surface area (Å²) in [5.74, 6) is 0. The number of benzene rings is 3. The van der Waals surface area contributed by atoms with Gasteiger partial charge in [-0.25, -0.2) is 4.98 Å². The van der Waals surface area contributed by atoms with E-state index in [1.807, 2.05) is 6.07 Å². The van der Waals surface area contributed by atoms with Crippen molar-refractivity contribution in [1.82, 2.24) is 4.98 Å². The van der Waals surface area contributed by atoms with Crippen molar-refractivity contribution in [1.29, 1.82) is 0 Å². The largest absolute Gasteiger partial charge is 0.436 e. The Bertz CT molecular complexity index is 1480. The third kappa shape index (κ3) is 3.13. The van der Waals surface area contributed by atoms with Gasteiger partial charge >= 0.3 is 0 Å². The van der Waals surface area contributed by atoms with Crippen molar-refractivity contribution in [3.8, 4) is 0 Å². The quantitative estimate of drug-likeness (QED) is 0.285. The first-order chi connectivity index (χ1) is 16.5. The topological polar surface area (TPSA) is 38.5 Å². The lowest BCUT2D eigenvalue weighted by Crippen LogP contribution is -2.32. The Morgan fingerprint density at radius 2 is 1.53 bits per heavy atom. The van der Waals surface area contributed by atoms with E-state index in [4.69, 9.17) is 9.15 Å².